The summed E-state index contributed by atoms with van der Waals surface area (Å²) in [6.07, 6.45) is 3.14. The van der Waals surface area contributed by atoms with E-state index in [0.29, 0.717) is 36.3 Å². The van der Waals surface area contributed by atoms with E-state index in [2.05, 4.69) is 11.6 Å². The molecule has 24 heavy (non-hydrogen) atoms. The lowest BCUT2D eigenvalue weighted by molar-refractivity contribution is 0.264. The summed E-state index contributed by atoms with van der Waals surface area (Å²) in [5.74, 6) is 1.10. The third-order valence-corrected chi connectivity index (χ3v) is 7.04. The number of hydrogen-bond acceptors (Lipinski definition) is 4. The zero-order chi connectivity index (χ0) is 17.6. The molecular weight excluding hydrogens is 386 g/mol. The second-order valence-corrected chi connectivity index (χ2v) is 9.17. The van der Waals surface area contributed by atoms with E-state index >= 15 is 0 Å². The fraction of sp³-hybridized carbons (Fsp3) is 0.533. The molecule has 0 unspecified atom stereocenters. The molecule has 1 aliphatic rings. The number of benzene rings is 1. The van der Waals surface area contributed by atoms with Crippen molar-refractivity contribution in [1.82, 2.24) is 14.5 Å². The van der Waals surface area contributed by atoms with E-state index in [-0.39, 0.29) is 4.90 Å². The molecule has 1 fully saturated rings. The Hall–Kier alpha value is -0.540. The van der Waals surface area contributed by atoms with Gasteiger partial charge >= 0.3 is 0 Å². The van der Waals surface area contributed by atoms with Crippen molar-refractivity contribution in [3.63, 3.8) is 0 Å². The van der Waals surface area contributed by atoms with E-state index in [9.17, 15) is 8.42 Å². The quantitative estimate of drug-likeness (QED) is 0.576. The van der Waals surface area contributed by atoms with Gasteiger partial charge in [0.15, 0.2) is 5.11 Å². The highest BCUT2D eigenvalue weighted by atomic mass is 35.5. The van der Waals surface area contributed by atoms with Gasteiger partial charge in [-0.1, -0.05) is 11.6 Å². The average molecular weight is 408 g/mol. The van der Waals surface area contributed by atoms with Gasteiger partial charge in [0.25, 0.3) is 0 Å². The number of hydrogen-bond donors (Lipinski definition) is 1. The Labute approximate surface area is 158 Å². The molecule has 0 saturated carbocycles. The number of nitrogens with zero attached hydrogens (tertiary/aromatic N) is 2. The number of nitrogens with one attached hydrogen (secondary N) is 1. The smallest absolute Gasteiger partial charge is 0.243 e. The molecule has 1 saturated heterocycles. The van der Waals surface area contributed by atoms with Crippen LogP contribution in [0, 0.1) is 0 Å². The maximum absolute atomic E-state index is 12.6. The Morgan fingerprint density at radius 3 is 2.46 bits per heavy atom. The molecule has 5 nitrogen and oxygen atoms in total. The van der Waals surface area contributed by atoms with Crippen LogP contribution in [0.5, 0.6) is 0 Å². The molecule has 1 aromatic rings. The third kappa shape index (κ3) is 5.23. The molecule has 2 rings (SSSR count). The summed E-state index contributed by atoms with van der Waals surface area (Å²) in [5, 5.41) is 4.47. The van der Waals surface area contributed by atoms with Crippen LogP contribution in [0.2, 0.25) is 5.02 Å². The van der Waals surface area contributed by atoms with E-state index in [1.165, 1.54) is 4.31 Å². The van der Waals surface area contributed by atoms with Gasteiger partial charge in [0.05, 0.1) is 4.90 Å². The van der Waals surface area contributed by atoms with E-state index in [0.717, 1.165) is 18.7 Å². The number of thiocarbonyl (C=S) groups is 1. The van der Waals surface area contributed by atoms with Gasteiger partial charge in [0, 0.05) is 37.7 Å². The number of piperazine rings is 1. The average Bonchev–Trinajstić information content (AvgIpc) is 2.59. The Kier molecular flexibility index (Phi) is 7.61. The van der Waals surface area contributed by atoms with Crippen molar-refractivity contribution >= 4 is 50.7 Å². The Morgan fingerprint density at radius 1 is 1.25 bits per heavy atom. The molecule has 0 atom stereocenters. The van der Waals surface area contributed by atoms with Crippen LogP contribution >= 0.6 is 35.6 Å². The summed E-state index contributed by atoms with van der Waals surface area (Å²) in [4.78, 5) is 2.31. The summed E-state index contributed by atoms with van der Waals surface area (Å²) >= 11 is 13.0. The molecule has 0 amide bonds. The van der Waals surface area contributed by atoms with Gasteiger partial charge in [-0.3, -0.25) is 0 Å². The SMILES string of the molecule is CSCCCNC(=S)N1CCN(S(=O)(=O)c2ccc(Cl)cc2)CC1. The van der Waals surface area contributed by atoms with Crippen molar-refractivity contribution in [3.05, 3.63) is 29.3 Å². The van der Waals surface area contributed by atoms with Gasteiger partial charge in [-0.15, -0.1) is 0 Å². The largest absolute Gasteiger partial charge is 0.363 e. The van der Waals surface area contributed by atoms with Gasteiger partial charge in [0.1, 0.15) is 0 Å². The molecule has 0 radical (unpaired) electrons. The fourth-order valence-electron chi connectivity index (χ4n) is 2.41. The van der Waals surface area contributed by atoms with Crippen LogP contribution in [-0.4, -0.2) is 67.5 Å². The first-order chi connectivity index (χ1) is 11.4. The van der Waals surface area contributed by atoms with Gasteiger partial charge in [0.2, 0.25) is 10.0 Å². The molecule has 1 heterocycles. The topological polar surface area (TPSA) is 52.6 Å². The molecule has 9 heteroatoms. The summed E-state index contributed by atoms with van der Waals surface area (Å²) in [6, 6.07) is 6.28. The van der Waals surface area contributed by atoms with Gasteiger partial charge in [-0.25, -0.2) is 8.42 Å². The zero-order valence-corrected chi connectivity index (χ0v) is 16.8. The minimum atomic E-state index is -3.47. The lowest BCUT2D eigenvalue weighted by Gasteiger charge is -2.35. The van der Waals surface area contributed by atoms with Crippen LogP contribution < -0.4 is 5.32 Å². The molecule has 1 aromatic carbocycles. The molecule has 0 aromatic heterocycles. The summed E-state index contributed by atoms with van der Waals surface area (Å²) in [7, 11) is -3.47. The van der Waals surface area contributed by atoms with Crippen molar-refractivity contribution in [3.8, 4) is 0 Å². The van der Waals surface area contributed by atoms with E-state index < -0.39 is 10.0 Å². The monoisotopic (exact) mass is 407 g/mol. The highest BCUT2D eigenvalue weighted by Gasteiger charge is 2.29. The second-order valence-electron chi connectivity index (χ2n) is 5.42. The first-order valence-corrected chi connectivity index (χ1v) is 11.3. The number of thioether (sulfide) groups is 1. The minimum absolute atomic E-state index is 0.276. The maximum Gasteiger partial charge on any atom is 0.243 e. The standard InChI is InChI=1S/C15H22ClN3O2S3/c1-23-12-2-7-17-15(22)18-8-10-19(11-9-18)24(20,21)14-5-3-13(16)4-6-14/h3-6H,2,7-12H2,1H3,(H,17,22). The predicted molar refractivity (Wildman–Crippen MR) is 105 cm³/mol. The zero-order valence-electron chi connectivity index (χ0n) is 13.6. The van der Waals surface area contributed by atoms with Crippen LogP contribution in [0.1, 0.15) is 6.42 Å². The first kappa shape index (κ1) is 19.8. The van der Waals surface area contributed by atoms with Gasteiger partial charge < -0.3 is 10.2 Å². The number of sulfonamides is 1. The maximum atomic E-state index is 12.6. The number of rotatable bonds is 6. The lowest BCUT2D eigenvalue weighted by Crippen LogP contribution is -2.53. The van der Waals surface area contributed by atoms with Crippen molar-refractivity contribution in [2.45, 2.75) is 11.3 Å². The molecule has 134 valence electrons. The van der Waals surface area contributed by atoms with Crippen LogP contribution in [0.4, 0.5) is 0 Å². The van der Waals surface area contributed by atoms with E-state index in [1.807, 2.05) is 16.7 Å². The molecule has 0 aliphatic carbocycles. The minimum Gasteiger partial charge on any atom is -0.363 e. The van der Waals surface area contributed by atoms with E-state index in [4.69, 9.17) is 23.8 Å². The van der Waals surface area contributed by atoms with Crippen molar-refractivity contribution in [2.75, 3.05) is 44.7 Å². The second kappa shape index (κ2) is 9.24. The molecule has 1 N–H and O–H groups in total. The van der Waals surface area contributed by atoms with E-state index in [1.54, 1.807) is 24.3 Å². The van der Waals surface area contributed by atoms with Crippen molar-refractivity contribution < 1.29 is 8.42 Å². The van der Waals surface area contributed by atoms with Crippen molar-refractivity contribution in [2.24, 2.45) is 0 Å². The van der Waals surface area contributed by atoms with Gasteiger partial charge in [-0.2, -0.15) is 16.1 Å². The Morgan fingerprint density at radius 2 is 1.88 bits per heavy atom. The lowest BCUT2D eigenvalue weighted by atomic mass is 10.4. The molecular formula is C15H22ClN3O2S3. The summed E-state index contributed by atoms with van der Waals surface area (Å²) in [5.41, 5.74) is 0. The summed E-state index contributed by atoms with van der Waals surface area (Å²) < 4.78 is 26.8. The Balaban J connectivity index is 1.87. The highest BCUT2D eigenvalue weighted by Crippen LogP contribution is 2.19. The predicted octanol–water partition coefficient (Wildman–Crippen LogP) is 2.27. The molecule has 0 spiro atoms. The normalized spacial score (nSPS) is 16.2. The van der Waals surface area contributed by atoms with Crippen LogP contribution in [0.3, 0.4) is 0 Å². The first-order valence-electron chi connectivity index (χ1n) is 7.72. The number of halogens is 1. The van der Waals surface area contributed by atoms with Gasteiger partial charge in [-0.05, 0) is 54.9 Å². The van der Waals surface area contributed by atoms with Crippen LogP contribution in [0.25, 0.3) is 0 Å². The van der Waals surface area contributed by atoms with Crippen LogP contribution in [-0.2, 0) is 10.0 Å². The van der Waals surface area contributed by atoms with Crippen molar-refractivity contribution in [1.29, 1.82) is 0 Å². The summed E-state index contributed by atoms with van der Waals surface area (Å²) in [6.45, 7) is 2.90. The fourth-order valence-corrected chi connectivity index (χ4v) is 4.68. The Bertz CT molecular complexity index is 644. The van der Waals surface area contributed by atoms with Crippen LogP contribution in [0.15, 0.2) is 29.2 Å². The third-order valence-electron chi connectivity index (χ3n) is 3.78. The molecule has 0 bridgehead atoms. The highest BCUT2D eigenvalue weighted by molar-refractivity contribution is 7.98. The molecule has 1 aliphatic heterocycles.